The SMILES string of the molecule is CCn1nc(C(=O)NN=Cc2ccn(CC(F)(F)F)n2)cc1C(F)(F)F. The highest BCUT2D eigenvalue weighted by atomic mass is 19.4. The Morgan fingerprint density at radius 1 is 1.27 bits per heavy atom. The van der Waals surface area contributed by atoms with Crippen molar-refractivity contribution in [3.8, 4) is 0 Å². The smallest absolute Gasteiger partial charge is 0.265 e. The lowest BCUT2D eigenvalue weighted by Crippen LogP contribution is -2.19. The maximum Gasteiger partial charge on any atom is 0.433 e. The molecule has 7 nitrogen and oxygen atoms in total. The predicted octanol–water partition coefficient (Wildman–Crippen LogP) is 2.44. The number of carbonyl (C=O) groups excluding carboxylic acids is 1. The van der Waals surface area contributed by atoms with Gasteiger partial charge in [0.2, 0.25) is 0 Å². The summed E-state index contributed by atoms with van der Waals surface area (Å²) in [5.41, 5.74) is 0.371. The first-order valence-corrected chi connectivity index (χ1v) is 7.08. The third kappa shape index (κ3) is 5.07. The molecular formula is C13H12F6N6O. The average Bonchev–Trinajstić information content (AvgIpc) is 3.11. The summed E-state index contributed by atoms with van der Waals surface area (Å²) in [7, 11) is 0. The minimum atomic E-state index is -4.67. The molecule has 0 saturated carbocycles. The molecule has 26 heavy (non-hydrogen) atoms. The second-order valence-corrected chi connectivity index (χ2v) is 4.98. The Labute approximate surface area is 142 Å². The van der Waals surface area contributed by atoms with Gasteiger partial charge in [0.05, 0.1) is 6.21 Å². The van der Waals surface area contributed by atoms with Crippen LogP contribution in [0.15, 0.2) is 23.4 Å². The van der Waals surface area contributed by atoms with Gasteiger partial charge in [-0.2, -0.15) is 41.6 Å². The lowest BCUT2D eigenvalue weighted by molar-refractivity contribution is -0.144. The fourth-order valence-electron chi connectivity index (χ4n) is 1.93. The van der Waals surface area contributed by atoms with Gasteiger partial charge in [0.25, 0.3) is 5.91 Å². The van der Waals surface area contributed by atoms with Crippen molar-refractivity contribution in [1.29, 1.82) is 0 Å². The summed E-state index contributed by atoms with van der Waals surface area (Å²) in [5.74, 6) is -1.01. The van der Waals surface area contributed by atoms with Crippen LogP contribution in [0.1, 0.15) is 28.8 Å². The molecule has 0 atom stereocenters. The molecule has 1 amide bonds. The van der Waals surface area contributed by atoms with Gasteiger partial charge in [0.1, 0.15) is 17.9 Å². The maximum atomic E-state index is 12.8. The fourth-order valence-corrected chi connectivity index (χ4v) is 1.93. The Morgan fingerprint density at radius 3 is 2.50 bits per heavy atom. The highest BCUT2D eigenvalue weighted by Crippen LogP contribution is 2.29. The Balaban J connectivity index is 2.03. The van der Waals surface area contributed by atoms with E-state index in [1.165, 1.54) is 13.0 Å². The third-order valence-corrected chi connectivity index (χ3v) is 2.97. The lowest BCUT2D eigenvalue weighted by atomic mass is 10.3. The second-order valence-electron chi connectivity index (χ2n) is 4.98. The van der Waals surface area contributed by atoms with E-state index in [1.807, 2.05) is 5.43 Å². The van der Waals surface area contributed by atoms with Gasteiger partial charge in [-0.05, 0) is 13.0 Å². The van der Waals surface area contributed by atoms with Crippen LogP contribution in [0.3, 0.4) is 0 Å². The number of hydrogen-bond acceptors (Lipinski definition) is 4. The minimum absolute atomic E-state index is 0.0182. The Bertz CT molecular complexity index is 803. The average molecular weight is 382 g/mol. The summed E-state index contributed by atoms with van der Waals surface area (Å²) >= 11 is 0. The largest absolute Gasteiger partial charge is 0.433 e. The van der Waals surface area contributed by atoms with Crippen molar-refractivity contribution < 1.29 is 31.1 Å². The molecule has 0 aliphatic heterocycles. The topological polar surface area (TPSA) is 77.1 Å². The van der Waals surface area contributed by atoms with Gasteiger partial charge in [-0.3, -0.25) is 14.2 Å². The standard InChI is InChI=1S/C13H12F6N6O/c1-2-25-10(13(17,18)19)5-9(23-25)11(26)21-20-6-8-3-4-24(22-8)7-12(14,15)16/h3-6H,2,7H2,1H3,(H,21,26). The Kier molecular flexibility index (Phi) is 5.37. The van der Waals surface area contributed by atoms with Crippen LogP contribution in [0, 0.1) is 0 Å². The van der Waals surface area contributed by atoms with E-state index in [1.54, 1.807) is 0 Å². The van der Waals surface area contributed by atoms with Crippen LogP contribution in [-0.2, 0) is 19.3 Å². The van der Waals surface area contributed by atoms with Crippen molar-refractivity contribution in [2.24, 2.45) is 5.10 Å². The molecule has 0 unspecified atom stereocenters. The molecule has 0 radical (unpaired) electrons. The van der Waals surface area contributed by atoms with Crippen LogP contribution >= 0.6 is 0 Å². The zero-order chi connectivity index (χ0) is 19.5. The van der Waals surface area contributed by atoms with Crippen molar-refractivity contribution in [2.45, 2.75) is 32.4 Å². The van der Waals surface area contributed by atoms with E-state index in [4.69, 9.17) is 0 Å². The lowest BCUT2D eigenvalue weighted by Gasteiger charge is -2.06. The normalized spacial score (nSPS) is 12.7. The first-order chi connectivity index (χ1) is 12.0. The van der Waals surface area contributed by atoms with E-state index >= 15 is 0 Å². The van der Waals surface area contributed by atoms with E-state index in [2.05, 4.69) is 15.3 Å². The number of carbonyl (C=O) groups is 1. The molecule has 0 fully saturated rings. The van der Waals surface area contributed by atoms with Crippen LogP contribution in [0.5, 0.6) is 0 Å². The van der Waals surface area contributed by atoms with Crippen molar-refractivity contribution in [1.82, 2.24) is 25.0 Å². The quantitative estimate of drug-likeness (QED) is 0.490. The van der Waals surface area contributed by atoms with Crippen LogP contribution in [0.25, 0.3) is 0 Å². The number of nitrogens with zero attached hydrogens (tertiary/aromatic N) is 5. The highest BCUT2D eigenvalue weighted by molar-refractivity contribution is 5.93. The molecule has 142 valence electrons. The van der Waals surface area contributed by atoms with Crippen molar-refractivity contribution in [3.05, 3.63) is 35.4 Å². The summed E-state index contributed by atoms with van der Waals surface area (Å²) in [4.78, 5) is 11.8. The summed E-state index contributed by atoms with van der Waals surface area (Å²) in [5, 5.41) is 10.5. The Morgan fingerprint density at radius 2 is 1.96 bits per heavy atom. The van der Waals surface area contributed by atoms with Gasteiger partial charge in [-0.1, -0.05) is 0 Å². The third-order valence-electron chi connectivity index (χ3n) is 2.97. The first kappa shape index (κ1) is 19.5. The molecule has 2 rings (SSSR count). The van der Waals surface area contributed by atoms with Gasteiger partial charge in [-0.15, -0.1) is 0 Å². The molecule has 13 heteroatoms. The number of aryl methyl sites for hydroxylation is 1. The summed E-state index contributed by atoms with van der Waals surface area (Å²) in [6.45, 7) is 0.0449. The molecule has 2 heterocycles. The number of hydrazone groups is 1. The number of halogens is 6. The number of alkyl halides is 6. The monoisotopic (exact) mass is 382 g/mol. The number of hydrogen-bond donors (Lipinski definition) is 1. The number of nitrogens with one attached hydrogen (secondary N) is 1. The number of amides is 1. The van der Waals surface area contributed by atoms with Crippen molar-refractivity contribution in [2.75, 3.05) is 0 Å². The molecular weight excluding hydrogens is 370 g/mol. The zero-order valence-corrected chi connectivity index (χ0v) is 13.1. The molecule has 0 bridgehead atoms. The molecule has 2 aromatic rings. The molecule has 0 saturated heterocycles. The van der Waals surface area contributed by atoms with E-state index in [9.17, 15) is 31.1 Å². The zero-order valence-electron chi connectivity index (χ0n) is 13.1. The second kappa shape index (κ2) is 7.17. The molecule has 0 aliphatic carbocycles. The molecule has 0 aromatic carbocycles. The molecule has 2 aromatic heterocycles. The van der Waals surface area contributed by atoms with Gasteiger partial charge in [-0.25, -0.2) is 5.43 Å². The number of rotatable bonds is 5. The van der Waals surface area contributed by atoms with Crippen LogP contribution in [-0.4, -0.2) is 37.9 Å². The molecule has 0 spiro atoms. The number of aromatic nitrogens is 4. The summed E-state index contributed by atoms with van der Waals surface area (Å²) in [6, 6.07) is 1.79. The van der Waals surface area contributed by atoms with Gasteiger partial charge in [0.15, 0.2) is 5.69 Å². The molecule has 0 aliphatic rings. The van der Waals surface area contributed by atoms with E-state index in [0.717, 1.165) is 12.4 Å². The van der Waals surface area contributed by atoms with E-state index in [0.29, 0.717) is 15.4 Å². The van der Waals surface area contributed by atoms with Crippen molar-refractivity contribution in [3.63, 3.8) is 0 Å². The summed E-state index contributed by atoms with van der Waals surface area (Å²) in [6.07, 6.45) is -7.10. The fraction of sp³-hybridized carbons (Fsp3) is 0.385. The molecule has 1 N–H and O–H groups in total. The first-order valence-electron chi connectivity index (χ1n) is 7.08. The van der Waals surface area contributed by atoms with Crippen LogP contribution in [0.4, 0.5) is 26.3 Å². The van der Waals surface area contributed by atoms with Gasteiger partial charge >= 0.3 is 12.4 Å². The Hall–Kier alpha value is -2.86. The van der Waals surface area contributed by atoms with Gasteiger partial charge < -0.3 is 0 Å². The highest BCUT2D eigenvalue weighted by Gasteiger charge is 2.36. The maximum absolute atomic E-state index is 12.8. The van der Waals surface area contributed by atoms with Gasteiger partial charge in [0, 0.05) is 18.8 Å². The van der Waals surface area contributed by atoms with E-state index in [-0.39, 0.29) is 12.2 Å². The van der Waals surface area contributed by atoms with Crippen LogP contribution in [0.2, 0.25) is 0 Å². The van der Waals surface area contributed by atoms with Crippen molar-refractivity contribution >= 4 is 12.1 Å². The van der Waals surface area contributed by atoms with E-state index < -0.39 is 36.2 Å². The predicted molar refractivity (Wildman–Crippen MR) is 76.2 cm³/mol. The van der Waals surface area contributed by atoms with Crippen LogP contribution < -0.4 is 5.43 Å². The minimum Gasteiger partial charge on any atom is -0.265 e. The summed E-state index contributed by atoms with van der Waals surface area (Å²) < 4.78 is 76.2.